The van der Waals surface area contributed by atoms with Gasteiger partial charge in [-0.15, -0.1) is 0 Å². The molecule has 1 aliphatic heterocycles. The summed E-state index contributed by atoms with van der Waals surface area (Å²) in [7, 11) is 1.95. The molecule has 0 bridgehead atoms. The Morgan fingerprint density at radius 2 is 2.42 bits per heavy atom. The second kappa shape index (κ2) is 7.60. The second-order valence-corrected chi connectivity index (χ2v) is 5.32. The van der Waals surface area contributed by atoms with E-state index in [1.54, 1.807) is 6.33 Å². The lowest BCUT2D eigenvalue weighted by molar-refractivity contribution is 0.00856. The topological polar surface area (TPSA) is 52.0 Å². The van der Waals surface area contributed by atoms with E-state index in [2.05, 4.69) is 22.3 Å². The monoisotopic (exact) mass is 266 g/mol. The summed E-state index contributed by atoms with van der Waals surface area (Å²) in [6.45, 7) is 4.09. The third kappa shape index (κ3) is 4.58. The lowest BCUT2D eigenvalue weighted by atomic mass is 10.00. The first kappa shape index (κ1) is 14.5. The highest BCUT2D eigenvalue weighted by Gasteiger charge is 2.17. The summed E-state index contributed by atoms with van der Waals surface area (Å²) in [6.07, 6.45) is 9.10. The standard InChI is InChI=1S/C14H26N4O/c1-3-15-12(10-14-16-11-17-18(14)2)7-8-13-6-4-5-9-19-13/h11-13,15H,3-10H2,1-2H3. The van der Waals surface area contributed by atoms with Crippen molar-refractivity contribution in [2.45, 2.75) is 57.6 Å². The van der Waals surface area contributed by atoms with Crippen molar-refractivity contribution >= 4 is 0 Å². The molecule has 0 saturated carbocycles. The zero-order valence-electron chi connectivity index (χ0n) is 12.1. The Balaban J connectivity index is 1.80. The highest BCUT2D eigenvalue weighted by molar-refractivity contribution is 4.89. The van der Waals surface area contributed by atoms with E-state index in [1.807, 2.05) is 11.7 Å². The van der Waals surface area contributed by atoms with Crippen molar-refractivity contribution < 1.29 is 4.74 Å². The summed E-state index contributed by atoms with van der Waals surface area (Å²) >= 11 is 0. The third-order valence-electron chi connectivity index (χ3n) is 3.84. The van der Waals surface area contributed by atoms with Gasteiger partial charge in [0.05, 0.1) is 6.10 Å². The molecule has 0 spiro atoms. The maximum absolute atomic E-state index is 5.80. The fourth-order valence-corrected chi connectivity index (χ4v) is 2.71. The van der Waals surface area contributed by atoms with Gasteiger partial charge in [-0.05, 0) is 38.6 Å². The first-order valence-corrected chi connectivity index (χ1v) is 7.47. The van der Waals surface area contributed by atoms with Crippen molar-refractivity contribution in [3.8, 4) is 0 Å². The average Bonchev–Trinajstić information content (AvgIpc) is 2.83. The molecule has 5 nitrogen and oxygen atoms in total. The number of nitrogens with zero attached hydrogens (tertiary/aromatic N) is 3. The lowest BCUT2D eigenvalue weighted by Crippen LogP contribution is -2.33. The molecule has 2 unspecified atom stereocenters. The normalized spacial score (nSPS) is 21.5. The van der Waals surface area contributed by atoms with E-state index in [0.717, 1.165) is 38.2 Å². The Kier molecular flexibility index (Phi) is 5.79. The summed E-state index contributed by atoms with van der Waals surface area (Å²) < 4.78 is 7.67. The van der Waals surface area contributed by atoms with Gasteiger partial charge in [0.15, 0.2) is 0 Å². The highest BCUT2D eigenvalue weighted by atomic mass is 16.5. The molecule has 1 saturated heterocycles. The smallest absolute Gasteiger partial charge is 0.138 e. The van der Waals surface area contributed by atoms with E-state index in [1.165, 1.54) is 19.3 Å². The van der Waals surface area contributed by atoms with Crippen LogP contribution in [0.15, 0.2) is 6.33 Å². The van der Waals surface area contributed by atoms with Gasteiger partial charge >= 0.3 is 0 Å². The molecule has 19 heavy (non-hydrogen) atoms. The maximum atomic E-state index is 5.80. The number of likely N-dealkylation sites (N-methyl/N-ethyl adjacent to an activating group) is 1. The molecule has 2 rings (SSSR count). The SMILES string of the molecule is CCNC(CCC1CCCCO1)Cc1ncnn1C. The van der Waals surface area contributed by atoms with Crippen molar-refractivity contribution in [1.29, 1.82) is 0 Å². The molecule has 5 heteroatoms. The third-order valence-corrected chi connectivity index (χ3v) is 3.84. The molecule has 1 aromatic heterocycles. The van der Waals surface area contributed by atoms with Crippen LogP contribution >= 0.6 is 0 Å². The zero-order chi connectivity index (χ0) is 13.5. The maximum Gasteiger partial charge on any atom is 0.138 e. The van der Waals surface area contributed by atoms with Crippen LogP contribution in [0.25, 0.3) is 0 Å². The Morgan fingerprint density at radius 3 is 3.05 bits per heavy atom. The predicted octanol–water partition coefficient (Wildman–Crippen LogP) is 1.68. The summed E-state index contributed by atoms with van der Waals surface area (Å²) in [5.74, 6) is 1.05. The second-order valence-electron chi connectivity index (χ2n) is 5.32. The molecule has 2 heterocycles. The number of aromatic nitrogens is 3. The van der Waals surface area contributed by atoms with Gasteiger partial charge < -0.3 is 10.1 Å². The summed E-state index contributed by atoms with van der Waals surface area (Å²) in [5.41, 5.74) is 0. The highest BCUT2D eigenvalue weighted by Crippen LogP contribution is 2.18. The molecule has 0 aromatic carbocycles. The molecule has 1 fully saturated rings. The van der Waals surface area contributed by atoms with E-state index >= 15 is 0 Å². The summed E-state index contributed by atoms with van der Waals surface area (Å²) in [5, 5.41) is 7.68. The van der Waals surface area contributed by atoms with Crippen molar-refractivity contribution in [2.24, 2.45) is 7.05 Å². The largest absolute Gasteiger partial charge is 0.378 e. The van der Waals surface area contributed by atoms with Crippen molar-refractivity contribution in [3.63, 3.8) is 0 Å². The van der Waals surface area contributed by atoms with E-state index in [4.69, 9.17) is 4.74 Å². The van der Waals surface area contributed by atoms with Crippen molar-refractivity contribution in [2.75, 3.05) is 13.2 Å². The van der Waals surface area contributed by atoms with Crippen LogP contribution in [0.5, 0.6) is 0 Å². The minimum Gasteiger partial charge on any atom is -0.378 e. The van der Waals surface area contributed by atoms with Gasteiger partial charge in [-0.1, -0.05) is 6.92 Å². The summed E-state index contributed by atoms with van der Waals surface area (Å²) in [4.78, 5) is 4.31. The molecule has 0 amide bonds. The van der Waals surface area contributed by atoms with Crippen LogP contribution in [0.1, 0.15) is 44.9 Å². The minimum atomic E-state index is 0.467. The van der Waals surface area contributed by atoms with E-state index in [-0.39, 0.29) is 0 Å². The van der Waals surface area contributed by atoms with Crippen LogP contribution in [0.4, 0.5) is 0 Å². The molecule has 1 aliphatic rings. The van der Waals surface area contributed by atoms with Crippen LogP contribution in [0.3, 0.4) is 0 Å². The molecular formula is C14H26N4O. The van der Waals surface area contributed by atoms with E-state index in [9.17, 15) is 0 Å². The van der Waals surface area contributed by atoms with Gasteiger partial charge in [-0.2, -0.15) is 5.10 Å². The van der Waals surface area contributed by atoms with Gasteiger partial charge in [-0.25, -0.2) is 4.98 Å². The van der Waals surface area contributed by atoms with Crippen LogP contribution in [-0.2, 0) is 18.2 Å². The van der Waals surface area contributed by atoms with Crippen molar-refractivity contribution in [3.05, 3.63) is 12.2 Å². The number of hydrogen-bond donors (Lipinski definition) is 1. The Hall–Kier alpha value is -0.940. The van der Waals surface area contributed by atoms with Gasteiger partial charge in [-0.3, -0.25) is 4.68 Å². The van der Waals surface area contributed by atoms with Crippen molar-refractivity contribution in [1.82, 2.24) is 20.1 Å². The van der Waals surface area contributed by atoms with Gasteiger partial charge in [0, 0.05) is 26.1 Å². The van der Waals surface area contributed by atoms with Crippen LogP contribution in [0.2, 0.25) is 0 Å². The number of aryl methyl sites for hydroxylation is 1. The minimum absolute atomic E-state index is 0.467. The van der Waals surface area contributed by atoms with Crippen LogP contribution in [0, 0.1) is 0 Å². The molecule has 1 N–H and O–H groups in total. The first-order chi connectivity index (χ1) is 9.29. The zero-order valence-corrected chi connectivity index (χ0v) is 12.1. The first-order valence-electron chi connectivity index (χ1n) is 7.47. The Morgan fingerprint density at radius 1 is 1.53 bits per heavy atom. The molecular weight excluding hydrogens is 240 g/mol. The molecule has 108 valence electrons. The molecule has 0 aliphatic carbocycles. The lowest BCUT2D eigenvalue weighted by Gasteiger charge is -2.25. The molecule has 1 aromatic rings. The molecule has 0 radical (unpaired) electrons. The predicted molar refractivity (Wildman–Crippen MR) is 75.0 cm³/mol. The fourth-order valence-electron chi connectivity index (χ4n) is 2.71. The number of nitrogens with one attached hydrogen (secondary N) is 1. The number of hydrogen-bond acceptors (Lipinski definition) is 4. The summed E-state index contributed by atoms with van der Waals surface area (Å²) in [6, 6.07) is 0.471. The van der Waals surface area contributed by atoms with Crippen LogP contribution in [-0.4, -0.2) is 40.1 Å². The Labute approximate surface area is 115 Å². The van der Waals surface area contributed by atoms with E-state index in [0.29, 0.717) is 12.1 Å². The number of rotatable bonds is 7. The quantitative estimate of drug-likeness (QED) is 0.816. The molecule has 2 atom stereocenters. The average molecular weight is 266 g/mol. The fraction of sp³-hybridized carbons (Fsp3) is 0.857. The number of ether oxygens (including phenoxy) is 1. The van der Waals surface area contributed by atoms with Crippen LogP contribution < -0.4 is 5.32 Å². The van der Waals surface area contributed by atoms with Gasteiger partial charge in [0.1, 0.15) is 12.2 Å². The van der Waals surface area contributed by atoms with Gasteiger partial charge in [0.2, 0.25) is 0 Å². The van der Waals surface area contributed by atoms with E-state index < -0.39 is 0 Å². The Bertz CT molecular complexity index is 360. The van der Waals surface area contributed by atoms with Gasteiger partial charge in [0.25, 0.3) is 0 Å².